The normalized spacial score (nSPS) is 11.2. The van der Waals surface area contributed by atoms with E-state index in [2.05, 4.69) is 10.0 Å². The molecule has 134 valence electrons. The molecule has 2 aromatic rings. The third kappa shape index (κ3) is 4.80. The number of benzene rings is 2. The number of rotatable bonds is 7. The fourth-order valence-corrected chi connectivity index (χ4v) is 3.69. The van der Waals surface area contributed by atoms with Gasteiger partial charge in [0, 0.05) is 19.2 Å². The summed E-state index contributed by atoms with van der Waals surface area (Å²) in [5, 5.41) is 2.68. The number of aryl methyl sites for hydroxylation is 2. The van der Waals surface area contributed by atoms with Gasteiger partial charge in [0.05, 0.1) is 17.2 Å². The molecule has 0 fully saturated rings. The van der Waals surface area contributed by atoms with Gasteiger partial charge < -0.3 is 10.1 Å². The third-order valence-corrected chi connectivity index (χ3v) is 5.23. The Morgan fingerprint density at radius 1 is 1.08 bits per heavy atom. The van der Waals surface area contributed by atoms with Crippen molar-refractivity contribution in [2.45, 2.75) is 18.7 Å². The Morgan fingerprint density at radius 2 is 1.80 bits per heavy atom. The fraction of sp³-hybridized carbons (Fsp3) is 0.278. The van der Waals surface area contributed by atoms with Crippen LogP contribution in [-0.2, 0) is 14.8 Å². The van der Waals surface area contributed by atoms with Gasteiger partial charge >= 0.3 is 0 Å². The maximum Gasteiger partial charge on any atom is 0.262 e. The summed E-state index contributed by atoms with van der Waals surface area (Å²) in [6, 6.07) is 11.7. The number of ether oxygens (including phenoxy) is 1. The predicted octanol–water partition coefficient (Wildman–Crippen LogP) is 2.48. The van der Waals surface area contributed by atoms with E-state index < -0.39 is 10.0 Å². The number of nitrogens with one attached hydrogen (secondary N) is 2. The molecule has 6 nitrogen and oxygen atoms in total. The number of hydrogen-bond acceptors (Lipinski definition) is 4. The SMILES string of the molecule is COCCNC(=O)c1ccc(C)c(S(=O)(=O)Nc2ccccc2C)c1. The lowest BCUT2D eigenvalue weighted by Crippen LogP contribution is -2.27. The number of sulfonamides is 1. The van der Waals surface area contributed by atoms with Gasteiger partial charge in [-0.15, -0.1) is 0 Å². The molecule has 0 bridgehead atoms. The number of anilines is 1. The van der Waals surface area contributed by atoms with Crippen LogP contribution in [0.5, 0.6) is 0 Å². The highest BCUT2D eigenvalue weighted by atomic mass is 32.2. The van der Waals surface area contributed by atoms with Crippen molar-refractivity contribution in [1.29, 1.82) is 0 Å². The second-order valence-corrected chi connectivity index (χ2v) is 7.30. The van der Waals surface area contributed by atoms with Gasteiger partial charge in [-0.05, 0) is 43.2 Å². The molecule has 2 rings (SSSR count). The number of hydrogen-bond donors (Lipinski definition) is 2. The molecule has 0 atom stereocenters. The van der Waals surface area contributed by atoms with Gasteiger partial charge in [0.1, 0.15) is 0 Å². The Morgan fingerprint density at radius 3 is 2.48 bits per heavy atom. The van der Waals surface area contributed by atoms with E-state index in [1.165, 1.54) is 6.07 Å². The maximum atomic E-state index is 12.7. The first-order valence-electron chi connectivity index (χ1n) is 7.81. The average molecular weight is 362 g/mol. The first-order chi connectivity index (χ1) is 11.8. The summed E-state index contributed by atoms with van der Waals surface area (Å²) in [5.41, 5.74) is 2.18. The van der Waals surface area contributed by atoms with Crippen LogP contribution in [0.4, 0.5) is 5.69 Å². The minimum Gasteiger partial charge on any atom is -0.383 e. The molecular formula is C18H22N2O4S. The van der Waals surface area contributed by atoms with Gasteiger partial charge in [-0.25, -0.2) is 8.42 Å². The molecule has 25 heavy (non-hydrogen) atoms. The minimum atomic E-state index is -3.80. The molecule has 0 aromatic heterocycles. The van der Waals surface area contributed by atoms with Crippen LogP contribution in [0.2, 0.25) is 0 Å². The summed E-state index contributed by atoms with van der Waals surface area (Å²) in [7, 11) is -2.26. The summed E-state index contributed by atoms with van der Waals surface area (Å²) < 4.78 is 33.0. The first kappa shape index (κ1) is 19.0. The molecule has 1 amide bonds. The van der Waals surface area contributed by atoms with E-state index in [1.807, 2.05) is 19.1 Å². The van der Waals surface area contributed by atoms with Gasteiger partial charge in [0.2, 0.25) is 0 Å². The van der Waals surface area contributed by atoms with E-state index in [1.54, 1.807) is 38.3 Å². The van der Waals surface area contributed by atoms with Gasteiger partial charge in [-0.1, -0.05) is 24.3 Å². The lowest BCUT2D eigenvalue weighted by Gasteiger charge is -2.13. The van der Waals surface area contributed by atoms with E-state index in [0.29, 0.717) is 24.4 Å². The Bertz CT molecular complexity index is 863. The highest BCUT2D eigenvalue weighted by Gasteiger charge is 2.20. The van der Waals surface area contributed by atoms with Crippen LogP contribution in [0.1, 0.15) is 21.5 Å². The Balaban J connectivity index is 2.29. The molecule has 7 heteroatoms. The number of carbonyl (C=O) groups excluding carboxylic acids is 1. The first-order valence-corrected chi connectivity index (χ1v) is 9.29. The van der Waals surface area contributed by atoms with Crippen molar-refractivity contribution >= 4 is 21.6 Å². The zero-order chi connectivity index (χ0) is 18.4. The zero-order valence-electron chi connectivity index (χ0n) is 14.5. The van der Waals surface area contributed by atoms with E-state index in [0.717, 1.165) is 5.56 Å². The molecule has 0 saturated heterocycles. The molecule has 0 aliphatic heterocycles. The largest absolute Gasteiger partial charge is 0.383 e. The topological polar surface area (TPSA) is 84.5 Å². The van der Waals surface area contributed by atoms with Crippen molar-refractivity contribution in [1.82, 2.24) is 5.32 Å². The standard InChI is InChI=1S/C18H22N2O4S/c1-13-6-4-5-7-16(13)20-25(22,23)17-12-15(9-8-14(17)2)18(21)19-10-11-24-3/h4-9,12,20H,10-11H2,1-3H3,(H,19,21). The summed E-state index contributed by atoms with van der Waals surface area (Å²) >= 11 is 0. The summed E-state index contributed by atoms with van der Waals surface area (Å²) in [4.78, 5) is 12.2. The number of carbonyl (C=O) groups is 1. The summed E-state index contributed by atoms with van der Waals surface area (Å²) in [5.74, 6) is -0.343. The summed E-state index contributed by atoms with van der Waals surface area (Å²) in [6.07, 6.45) is 0. The molecule has 0 spiro atoms. The smallest absolute Gasteiger partial charge is 0.262 e. The Kier molecular flexibility index (Phi) is 6.17. The van der Waals surface area contributed by atoms with Crippen LogP contribution in [0.3, 0.4) is 0 Å². The monoisotopic (exact) mass is 362 g/mol. The highest BCUT2D eigenvalue weighted by molar-refractivity contribution is 7.92. The molecule has 0 unspecified atom stereocenters. The van der Waals surface area contributed by atoms with Crippen LogP contribution in [0.15, 0.2) is 47.4 Å². The van der Waals surface area contributed by atoms with Gasteiger partial charge in [-0.2, -0.15) is 0 Å². The van der Waals surface area contributed by atoms with Gasteiger partial charge in [-0.3, -0.25) is 9.52 Å². The van der Waals surface area contributed by atoms with Crippen LogP contribution in [0, 0.1) is 13.8 Å². The van der Waals surface area contributed by atoms with Crippen LogP contribution < -0.4 is 10.0 Å². The lowest BCUT2D eigenvalue weighted by atomic mass is 10.1. The van der Waals surface area contributed by atoms with E-state index in [-0.39, 0.29) is 16.4 Å². The molecule has 2 N–H and O–H groups in total. The van der Waals surface area contributed by atoms with Crippen molar-refractivity contribution in [2.24, 2.45) is 0 Å². The van der Waals surface area contributed by atoms with Crippen molar-refractivity contribution in [3.8, 4) is 0 Å². The Labute approximate surface area is 148 Å². The summed E-state index contributed by atoms with van der Waals surface area (Å²) in [6.45, 7) is 4.26. The number of methoxy groups -OCH3 is 1. The van der Waals surface area contributed by atoms with Crippen molar-refractivity contribution in [3.05, 3.63) is 59.2 Å². The van der Waals surface area contributed by atoms with Gasteiger partial charge in [0.25, 0.3) is 15.9 Å². The maximum absolute atomic E-state index is 12.7. The average Bonchev–Trinajstić information content (AvgIpc) is 2.57. The quantitative estimate of drug-likeness (QED) is 0.741. The minimum absolute atomic E-state index is 0.0788. The Hall–Kier alpha value is -2.38. The predicted molar refractivity (Wildman–Crippen MR) is 97.4 cm³/mol. The number of amides is 1. The van der Waals surface area contributed by atoms with Crippen LogP contribution in [0.25, 0.3) is 0 Å². The molecule has 0 radical (unpaired) electrons. The second-order valence-electron chi connectivity index (χ2n) is 5.65. The molecular weight excluding hydrogens is 340 g/mol. The van der Waals surface area contributed by atoms with E-state index in [9.17, 15) is 13.2 Å². The lowest BCUT2D eigenvalue weighted by molar-refractivity contribution is 0.0937. The van der Waals surface area contributed by atoms with Crippen LogP contribution in [-0.4, -0.2) is 34.6 Å². The molecule has 2 aromatic carbocycles. The van der Waals surface area contributed by atoms with Crippen LogP contribution >= 0.6 is 0 Å². The molecule has 0 heterocycles. The second kappa shape index (κ2) is 8.13. The van der Waals surface area contributed by atoms with Gasteiger partial charge in [0.15, 0.2) is 0 Å². The van der Waals surface area contributed by atoms with E-state index in [4.69, 9.17) is 4.74 Å². The van der Waals surface area contributed by atoms with Crippen molar-refractivity contribution in [2.75, 3.05) is 25.0 Å². The molecule has 0 aliphatic carbocycles. The number of para-hydroxylation sites is 1. The zero-order valence-corrected chi connectivity index (χ0v) is 15.3. The molecule has 0 saturated carbocycles. The van der Waals surface area contributed by atoms with E-state index >= 15 is 0 Å². The van der Waals surface area contributed by atoms with Crippen molar-refractivity contribution < 1.29 is 17.9 Å². The third-order valence-electron chi connectivity index (χ3n) is 3.72. The molecule has 0 aliphatic rings. The van der Waals surface area contributed by atoms with Crippen molar-refractivity contribution in [3.63, 3.8) is 0 Å². The highest BCUT2D eigenvalue weighted by Crippen LogP contribution is 2.22. The fourth-order valence-electron chi connectivity index (χ4n) is 2.29.